The van der Waals surface area contributed by atoms with Crippen LogP contribution in [0.25, 0.3) is 0 Å². The van der Waals surface area contributed by atoms with Crippen LogP contribution in [0.1, 0.15) is 18.5 Å². The molecule has 1 unspecified atom stereocenters. The summed E-state index contributed by atoms with van der Waals surface area (Å²) in [5.41, 5.74) is 1.91. The summed E-state index contributed by atoms with van der Waals surface area (Å²) in [5, 5.41) is 17.8. The van der Waals surface area contributed by atoms with Gasteiger partial charge in [-0.05, 0) is 35.0 Å². The van der Waals surface area contributed by atoms with Gasteiger partial charge in [0.05, 0.1) is 30.5 Å². The number of benzene rings is 2. The first-order valence-corrected chi connectivity index (χ1v) is 9.54. The van der Waals surface area contributed by atoms with Crippen LogP contribution in [0.4, 0.5) is 16.0 Å². The minimum Gasteiger partial charge on any atom is -0.495 e. The number of nitrogens with one attached hydrogen (secondary N) is 2. The van der Waals surface area contributed by atoms with E-state index in [0.29, 0.717) is 45.0 Å². The third-order valence-electron chi connectivity index (χ3n) is 4.87. The van der Waals surface area contributed by atoms with Crippen molar-refractivity contribution in [2.45, 2.75) is 13.0 Å². The second kappa shape index (κ2) is 8.23. The average Bonchev–Trinajstić information content (AvgIpc) is 3.22. The summed E-state index contributed by atoms with van der Waals surface area (Å²) in [5.74, 6) is 0.294. The first kappa shape index (κ1) is 20.6. The van der Waals surface area contributed by atoms with E-state index in [4.69, 9.17) is 21.1 Å². The summed E-state index contributed by atoms with van der Waals surface area (Å²) < 4.78 is 25.6. The van der Waals surface area contributed by atoms with Crippen LogP contribution in [0.5, 0.6) is 11.5 Å². The number of hydrogen-bond acceptors (Lipinski definition) is 7. The number of ether oxygens (including phenoxy) is 2. The Hall–Kier alpha value is -3.66. The van der Waals surface area contributed by atoms with Gasteiger partial charge in [0.15, 0.2) is 0 Å². The van der Waals surface area contributed by atoms with Crippen LogP contribution in [0.3, 0.4) is 0 Å². The number of anilines is 2. The lowest BCUT2D eigenvalue weighted by molar-refractivity contribution is -0.113. The second-order valence-electron chi connectivity index (χ2n) is 6.71. The average molecular weight is 445 g/mol. The Bertz CT molecular complexity index is 1180. The normalized spacial score (nSPS) is 15.2. The molecule has 1 amide bonds. The molecule has 3 aromatic rings. The SMILES string of the molecule is COc1cc(NC(=O)C2=C(C)Nc3nnnn3C2c2ccc(F)cc2)c(OC)cc1Cl. The van der Waals surface area contributed by atoms with Crippen LogP contribution in [-0.2, 0) is 4.79 Å². The van der Waals surface area contributed by atoms with Gasteiger partial charge in [0, 0.05) is 17.8 Å². The molecule has 1 aliphatic rings. The Morgan fingerprint density at radius 3 is 2.58 bits per heavy atom. The highest BCUT2D eigenvalue weighted by atomic mass is 35.5. The van der Waals surface area contributed by atoms with E-state index in [2.05, 4.69) is 26.2 Å². The molecule has 9 nitrogen and oxygen atoms in total. The molecule has 1 atom stereocenters. The van der Waals surface area contributed by atoms with Gasteiger partial charge in [0.25, 0.3) is 5.91 Å². The summed E-state index contributed by atoms with van der Waals surface area (Å²) in [6.07, 6.45) is 0. The quantitative estimate of drug-likeness (QED) is 0.621. The molecule has 0 saturated carbocycles. The number of carbonyl (C=O) groups excluding carboxylic acids is 1. The minimum absolute atomic E-state index is 0.342. The van der Waals surface area contributed by atoms with Crippen molar-refractivity contribution in [2.75, 3.05) is 24.9 Å². The van der Waals surface area contributed by atoms with Crippen molar-refractivity contribution >= 4 is 29.1 Å². The molecule has 0 saturated heterocycles. The lowest BCUT2D eigenvalue weighted by Gasteiger charge is -2.28. The van der Waals surface area contributed by atoms with Crippen LogP contribution < -0.4 is 20.1 Å². The van der Waals surface area contributed by atoms with E-state index < -0.39 is 11.9 Å². The molecule has 0 radical (unpaired) electrons. The summed E-state index contributed by atoms with van der Waals surface area (Å²) >= 11 is 6.16. The number of carbonyl (C=O) groups is 1. The summed E-state index contributed by atoms with van der Waals surface area (Å²) in [6, 6.07) is 8.26. The highest BCUT2D eigenvalue weighted by Gasteiger charge is 2.34. The Labute approximate surface area is 181 Å². The van der Waals surface area contributed by atoms with Gasteiger partial charge in [0.1, 0.15) is 23.4 Å². The third-order valence-corrected chi connectivity index (χ3v) is 5.16. The van der Waals surface area contributed by atoms with Crippen molar-refractivity contribution in [3.8, 4) is 11.5 Å². The Morgan fingerprint density at radius 2 is 1.90 bits per heavy atom. The molecule has 0 fully saturated rings. The molecule has 0 aliphatic carbocycles. The predicted molar refractivity (Wildman–Crippen MR) is 112 cm³/mol. The minimum atomic E-state index is -0.674. The molecular weight excluding hydrogens is 427 g/mol. The largest absolute Gasteiger partial charge is 0.495 e. The fourth-order valence-corrected chi connectivity index (χ4v) is 3.64. The van der Waals surface area contributed by atoms with Gasteiger partial charge in [0.2, 0.25) is 5.95 Å². The number of rotatable bonds is 5. The molecule has 0 bridgehead atoms. The number of nitrogens with zero attached hydrogens (tertiary/aromatic N) is 4. The zero-order chi connectivity index (χ0) is 22.1. The number of tetrazole rings is 1. The summed E-state index contributed by atoms with van der Waals surface area (Å²) in [6.45, 7) is 1.74. The molecule has 160 valence electrons. The zero-order valence-corrected chi connectivity index (χ0v) is 17.6. The maximum Gasteiger partial charge on any atom is 0.255 e. The number of amides is 1. The first-order valence-electron chi connectivity index (χ1n) is 9.17. The van der Waals surface area contributed by atoms with Gasteiger partial charge in [-0.3, -0.25) is 4.79 Å². The molecule has 1 aliphatic heterocycles. The topological polar surface area (TPSA) is 103 Å². The molecule has 2 heterocycles. The molecule has 31 heavy (non-hydrogen) atoms. The van der Waals surface area contributed by atoms with Crippen molar-refractivity contribution in [3.63, 3.8) is 0 Å². The van der Waals surface area contributed by atoms with Crippen molar-refractivity contribution in [2.24, 2.45) is 0 Å². The lowest BCUT2D eigenvalue weighted by atomic mass is 9.95. The van der Waals surface area contributed by atoms with E-state index in [1.54, 1.807) is 31.2 Å². The van der Waals surface area contributed by atoms with Crippen LogP contribution >= 0.6 is 11.6 Å². The van der Waals surface area contributed by atoms with Crippen LogP contribution in [0.15, 0.2) is 47.7 Å². The van der Waals surface area contributed by atoms with Gasteiger partial charge in [-0.1, -0.05) is 28.8 Å². The molecule has 2 aromatic carbocycles. The third kappa shape index (κ3) is 3.77. The van der Waals surface area contributed by atoms with Crippen LogP contribution in [-0.4, -0.2) is 40.3 Å². The standard InChI is InChI=1S/C20H18ClFN6O3/c1-10-17(19(29)24-14-9-15(30-2)13(21)8-16(14)31-3)18(11-4-6-12(22)7-5-11)28-20(23-10)25-26-27-28/h4-9,18H,1-3H3,(H,24,29)(H,23,25,27). The van der Waals surface area contributed by atoms with Gasteiger partial charge in [-0.2, -0.15) is 4.68 Å². The number of halogens is 2. The van der Waals surface area contributed by atoms with E-state index in [1.807, 2.05) is 0 Å². The van der Waals surface area contributed by atoms with Gasteiger partial charge < -0.3 is 20.1 Å². The van der Waals surface area contributed by atoms with Crippen molar-refractivity contribution < 1.29 is 18.7 Å². The maximum absolute atomic E-state index is 13.5. The Kier molecular flexibility index (Phi) is 5.47. The Balaban J connectivity index is 1.76. The number of allylic oxidation sites excluding steroid dienone is 1. The molecule has 0 spiro atoms. The summed E-state index contributed by atoms with van der Waals surface area (Å²) in [4.78, 5) is 13.4. The fraction of sp³-hybridized carbons (Fsp3) is 0.200. The highest BCUT2D eigenvalue weighted by Crippen LogP contribution is 2.38. The molecular formula is C20H18ClFN6O3. The number of methoxy groups -OCH3 is 2. The first-order chi connectivity index (χ1) is 14.9. The van der Waals surface area contributed by atoms with Crippen LogP contribution in [0.2, 0.25) is 5.02 Å². The van der Waals surface area contributed by atoms with Gasteiger partial charge >= 0.3 is 0 Å². The smallest absolute Gasteiger partial charge is 0.255 e. The monoisotopic (exact) mass is 444 g/mol. The zero-order valence-electron chi connectivity index (χ0n) is 16.8. The van der Waals surface area contributed by atoms with Crippen molar-refractivity contribution in [1.82, 2.24) is 20.2 Å². The molecule has 2 N–H and O–H groups in total. The molecule has 11 heteroatoms. The van der Waals surface area contributed by atoms with E-state index in [-0.39, 0.29) is 5.82 Å². The molecule has 4 rings (SSSR count). The lowest BCUT2D eigenvalue weighted by Crippen LogP contribution is -2.31. The van der Waals surface area contributed by atoms with Crippen molar-refractivity contribution in [3.05, 3.63) is 64.1 Å². The summed E-state index contributed by atoms with van der Waals surface area (Å²) in [7, 11) is 2.94. The van der Waals surface area contributed by atoms with Crippen LogP contribution in [0, 0.1) is 5.82 Å². The maximum atomic E-state index is 13.5. The Morgan fingerprint density at radius 1 is 1.19 bits per heavy atom. The number of aromatic nitrogens is 4. The van der Waals surface area contributed by atoms with Gasteiger partial charge in [-0.25, -0.2) is 4.39 Å². The highest BCUT2D eigenvalue weighted by molar-refractivity contribution is 6.32. The fourth-order valence-electron chi connectivity index (χ4n) is 3.41. The van der Waals surface area contributed by atoms with Gasteiger partial charge in [-0.15, -0.1) is 0 Å². The molecule has 1 aromatic heterocycles. The van der Waals surface area contributed by atoms with E-state index >= 15 is 0 Å². The van der Waals surface area contributed by atoms with E-state index in [1.165, 1.54) is 31.0 Å². The predicted octanol–water partition coefficient (Wildman–Crippen LogP) is 3.41. The van der Waals surface area contributed by atoms with E-state index in [9.17, 15) is 9.18 Å². The second-order valence-corrected chi connectivity index (χ2v) is 7.11. The number of fused-ring (bicyclic) bond motifs is 1. The van der Waals surface area contributed by atoms with E-state index in [0.717, 1.165) is 0 Å². The number of hydrogen-bond donors (Lipinski definition) is 2. The van der Waals surface area contributed by atoms with Crippen molar-refractivity contribution in [1.29, 1.82) is 0 Å².